The molecule has 0 rings (SSSR count). The second-order valence-corrected chi connectivity index (χ2v) is 4.86. The lowest BCUT2D eigenvalue weighted by Crippen LogP contribution is -2.05. The third-order valence-electron chi connectivity index (χ3n) is 1.52. The van der Waals surface area contributed by atoms with Gasteiger partial charge in [0.1, 0.15) is 0 Å². The largest absolute Gasteiger partial charge is 0.367 e. The highest BCUT2D eigenvalue weighted by Gasteiger charge is 2.23. The summed E-state index contributed by atoms with van der Waals surface area (Å²) in [5.74, 6) is 0. The van der Waals surface area contributed by atoms with Crippen LogP contribution in [0.25, 0.3) is 0 Å². The van der Waals surface area contributed by atoms with Gasteiger partial charge >= 0.3 is 7.68 Å². The molecule has 0 aromatic carbocycles. The maximum atomic E-state index is 13.0. The van der Waals surface area contributed by atoms with Crippen LogP contribution in [-0.2, 0) is 9.09 Å². The summed E-state index contributed by atoms with van der Waals surface area (Å²) in [6, 6.07) is 0. The fourth-order valence-electron chi connectivity index (χ4n) is 1.05. The highest BCUT2D eigenvalue weighted by Crippen LogP contribution is 2.50. The van der Waals surface area contributed by atoms with Crippen molar-refractivity contribution in [1.82, 2.24) is 0 Å². The highest BCUT2D eigenvalue weighted by atomic mass is 31.2. The normalized spacial score (nSPS) is 18.7. The third kappa shape index (κ3) is 5.73. The summed E-state index contributed by atoms with van der Waals surface area (Å²) in [5.41, 5.74) is 0. The van der Waals surface area contributed by atoms with Crippen LogP contribution in [0.1, 0.15) is 40.0 Å². The summed E-state index contributed by atoms with van der Waals surface area (Å²) in [6.45, 7) is 5.54. The van der Waals surface area contributed by atoms with E-state index in [-0.39, 0.29) is 12.3 Å². The van der Waals surface area contributed by atoms with E-state index in [2.05, 4.69) is 0 Å². The first-order chi connectivity index (χ1) is 5.52. The predicted octanol–water partition coefficient (Wildman–Crippen LogP) is 3.76. The van der Waals surface area contributed by atoms with Crippen LogP contribution in [0.3, 0.4) is 0 Å². The Morgan fingerprint density at radius 1 is 1.42 bits per heavy atom. The number of halogens is 1. The van der Waals surface area contributed by atoms with E-state index in [1.165, 1.54) is 0 Å². The first-order valence-corrected chi connectivity index (χ1v) is 6.19. The van der Waals surface area contributed by atoms with Crippen molar-refractivity contribution < 1.29 is 13.3 Å². The van der Waals surface area contributed by atoms with E-state index in [1.54, 1.807) is 13.8 Å². The molecule has 0 aliphatic carbocycles. The zero-order valence-electron chi connectivity index (χ0n) is 8.05. The topological polar surface area (TPSA) is 26.3 Å². The minimum Gasteiger partial charge on any atom is -0.302 e. The molecule has 0 aromatic heterocycles. The van der Waals surface area contributed by atoms with E-state index in [0.29, 0.717) is 6.42 Å². The quantitative estimate of drug-likeness (QED) is 0.604. The maximum Gasteiger partial charge on any atom is 0.367 e. The van der Waals surface area contributed by atoms with Crippen molar-refractivity contribution in [3.8, 4) is 0 Å². The molecule has 0 aromatic rings. The zero-order chi connectivity index (χ0) is 9.61. The van der Waals surface area contributed by atoms with Crippen LogP contribution in [0.2, 0.25) is 0 Å². The SMILES string of the molecule is CCCC(C)OP(=O)(F)CCC. The molecular formula is C8H18FO2P. The first-order valence-electron chi connectivity index (χ1n) is 4.49. The van der Waals surface area contributed by atoms with Gasteiger partial charge in [-0.3, -0.25) is 4.57 Å². The fraction of sp³-hybridized carbons (Fsp3) is 1.00. The van der Waals surface area contributed by atoms with Crippen LogP contribution in [0.5, 0.6) is 0 Å². The zero-order valence-corrected chi connectivity index (χ0v) is 8.94. The lowest BCUT2D eigenvalue weighted by Gasteiger charge is -2.14. The fourth-order valence-corrected chi connectivity index (χ4v) is 2.33. The van der Waals surface area contributed by atoms with Crippen molar-refractivity contribution >= 4 is 7.68 Å². The molecule has 12 heavy (non-hydrogen) atoms. The van der Waals surface area contributed by atoms with Gasteiger partial charge in [-0.1, -0.05) is 20.3 Å². The van der Waals surface area contributed by atoms with Gasteiger partial charge in [-0.25, -0.2) is 0 Å². The Balaban J connectivity index is 3.79. The van der Waals surface area contributed by atoms with E-state index in [9.17, 15) is 8.76 Å². The van der Waals surface area contributed by atoms with Crippen molar-refractivity contribution in [3.63, 3.8) is 0 Å². The average molecular weight is 196 g/mol. The molecule has 2 unspecified atom stereocenters. The molecule has 0 saturated carbocycles. The molecule has 4 heteroatoms. The van der Waals surface area contributed by atoms with Gasteiger partial charge in [0.05, 0.1) is 12.3 Å². The summed E-state index contributed by atoms with van der Waals surface area (Å²) in [4.78, 5) is 0. The van der Waals surface area contributed by atoms with Crippen molar-refractivity contribution in [2.75, 3.05) is 6.16 Å². The molecule has 0 heterocycles. The van der Waals surface area contributed by atoms with Crippen molar-refractivity contribution in [1.29, 1.82) is 0 Å². The molecule has 0 amide bonds. The van der Waals surface area contributed by atoms with Crippen molar-refractivity contribution in [3.05, 3.63) is 0 Å². The van der Waals surface area contributed by atoms with E-state index in [1.807, 2.05) is 6.92 Å². The molecular weight excluding hydrogens is 178 g/mol. The van der Waals surface area contributed by atoms with Crippen LogP contribution in [0.15, 0.2) is 0 Å². The van der Waals surface area contributed by atoms with Crippen LogP contribution in [-0.4, -0.2) is 12.3 Å². The molecule has 0 radical (unpaired) electrons. The van der Waals surface area contributed by atoms with Gasteiger partial charge in [0.2, 0.25) is 0 Å². The minimum absolute atomic E-state index is 0.0427. The molecule has 2 nitrogen and oxygen atoms in total. The molecule has 0 aliphatic rings. The lowest BCUT2D eigenvalue weighted by atomic mass is 10.2. The Labute approximate surface area is 74.1 Å². The van der Waals surface area contributed by atoms with Crippen molar-refractivity contribution in [2.24, 2.45) is 0 Å². The Hall–Kier alpha value is 0.120. The number of hydrogen-bond donors (Lipinski definition) is 0. The monoisotopic (exact) mass is 196 g/mol. The first kappa shape index (κ1) is 12.1. The lowest BCUT2D eigenvalue weighted by molar-refractivity contribution is 0.195. The molecule has 74 valence electrons. The van der Waals surface area contributed by atoms with Crippen LogP contribution in [0, 0.1) is 0 Å². The highest BCUT2D eigenvalue weighted by molar-refractivity contribution is 7.53. The Bertz CT molecular complexity index is 161. The van der Waals surface area contributed by atoms with E-state index >= 15 is 0 Å². The summed E-state index contributed by atoms with van der Waals surface area (Å²) in [7, 11) is -3.78. The van der Waals surface area contributed by atoms with Gasteiger partial charge < -0.3 is 4.52 Å². The van der Waals surface area contributed by atoms with Gasteiger partial charge in [0.25, 0.3) is 0 Å². The number of hydrogen-bond acceptors (Lipinski definition) is 2. The maximum absolute atomic E-state index is 13.0. The molecule has 0 spiro atoms. The van der Waals surface area contributed by atoms with E-state index < -0.39 is 7.68 Å². The average Bonchev–Trinajstić information content (AvgIpc) is 1.85. The van der Waals surface area contributed by atoms with E-state index in [4.69, 9.17) is 4.52 Å². The second kappa shape index (κ2) is 5.71. The standard InChI is InChI=1S/C8H18FO2P/c1-4-6-8(3)11-12(9,10)7-5-2/h8H,4-7H2,1-3H3. The Morgan fingerprint density at radius 2 is 2.00 bits per heavy atom. The van der Waals surface area contributed by atoms with Crippen LogP contribution < -0.4 is 0 Å². The molecule has 2 atom stereocenters. The van der Waals surface area contributed by atoms with E-state index in [0.717, 1.165) is 12.8 Å². The van der Waals surface area contributed by atoms with Crippen molar-refractivity contribution in [2.45, 2.75) is 46.1 Å². The predicted molar refractivity (Wildman–Crippen MR) is 49.3 cm³/mol. The molecule has 0 fully saturated rings. The van der Waals surface area contributed by atoms with Gasteiger partial charge in [0, 0.05) is 0 Å². The second-order valence-electron chi connectivity index (χ2n) is 3.02. The van der Waals surface area contributed by atoms with Crippen LogP contribution >= 0.6 is 7.68 Å². The van der Waals surface area contributed by atoms with Gasteiger partial charge in [-0.15, -0.1) is 0 Å². The molecule has 0 N–H and O–H groups in total. The summed E-state index contributed by atoms with van der Waals surface area (Å²) < 4.78 is 28.8. The summed E-state index contributed by atoms with van der Waals surface area (Å²) >= 11 is 0. The van der Waals surface area contributed by atoms with Gasteiger partial charge in [-0.2, -0.15) is 4.20 Å². The van der Waals surface area contributed by atoms with Gasteiger partial charge in [0.15, 0.2) is 0 Å². The van der Waals surface area contributed by atoms with Crippen LogP contribution in [0.4, 0.5) is 4.20 Å². The third-order valence-corrected chi connectivity index (χ3v) is 3.18. The molecule has 0 aliphatic heterocycles. The Morgan fingerprint density at radius 3 is 2.42 bits per heavy atom. The van der Waals surface area contributed by atoms with Gasteiger partial charge in [-0.05, 0) is 19.8 Å². The molecule has 0 bridgehead atoms. The summed E-state index contributed by atoms with van der Waals surface area (Å²) in [6.07, 6.45) is 2.07. The minimum atomic E-state index is -3.78. The summed E-state index contributed by atoms with van der Waals surface area (Å²) in [5, 5.41) is 0. The Kier molecular flexibility index (Phi) is 5.77. The smallest absolute Gasteiger partial charge is 0.302 e. The number of rotatable bonds is 6. The molecule has 0 saturated heterocycles.